The lowest BCUT2D eigenvalue weighted by Crippen LogP contribution is -2.40. The van der Waals surface area contributed by atoms with E-state index in [0.29, 0.717) is 0 Å². The van der Waals surface area contributed by atoms with Crippen LogP contribution in [0.2, 0.25) is 0 Å². The molecule has 0 spiro atoms. The standard InChI is InChI=1S/C21H28N2O2S/c1-14(2)22-21(25)20-18(17-10-6-7-11-19(17)26-20)13-16-9-5-4-8-12-23(16)15(3)24/h6-7,10-11,14,16H,4-5,8-9,12-13H2,1-3H3,(H,22,25)/t16-/m0/s1. The van der Waals surface area contributed by atoms with E-state index < -0.39 is 0 Å². The minimum absolute atomic E-state index is 0.000744. The van der Waals surface area contributed by atoms with E-state index in [2.05, 4.69) is 17.4 Å². The number of hydrogen-bond acceptors (Lipinski definition) is 3. The number of benzene rings is 1. The van der Waals surface area contributed by atoms with Crippen LogP contribution in [0.15, 0.2) is 24.3 Å². The normalized spacial score (nSPS) is 18.2. The number of fused-ring (bicyclic) bond motifs is 1. The van der Waals surface area contributed by atoms with Gasteiger partial charge in [-0.05, 0) is 50.1 Å². The fraction of sp³-hybridized carbons (Fsp3) is 0.524. The highest BCUT2D eigenvalue weighted by atomic mass is 32.1. The summed E-state index contributed by atoms with van der Waals surface area (Å²) in [6.07, 6.45) is 5.15. The molecule has 2 amide bonds. The minimum atomic E-state index is -0.000744. The van der Waals surface area contributed by atoms with Crippen molar-refractivity contribution >= 4 is 33.2 Å². The highest BCUT2D eigenvalue weighted by Crippen LogP contribution is 2.34. The highest BCUT2D eigenvalue weighted by Gasteiger charge is 2.27. The first kappa shape index (κ1) is 18.9. The molecule has 1 N–H and O–H groups in total. The van der Waals surface area contributed by atoms with Crippen LogP contribution in [-0.2, 0) is 11.2 Å². The fourth-order valence-corrected chi connectivity index (χ4v) is 4.99. The van der Waals surface area contributed by atoms with Crippen molar-refractivity contribution in [1.82, 2.24) is 10.2 Å². The Bertz CT molecular complexity index is 796. The zero-order valence-electron chi connectivity index (χ0n) is 15.9. The summed E-state index contributed by atoms with van der Waals surface area (Å²) in [5, 5.41) is 4.19. The largest absolute Gasteiger partial charge is 0.349 e. The van der Waals surface area contributed by atoms with Crippen LogP contribution in [0.5, 0.6) is 0 Å². The van der Waals surface area contributed by atoms with Gasteiger partial charge in [-0.2, -0.15) is 0 Å². The van der Waals surface area contributed by atoms with Crippen molar-refractivity contribution in [2.75, 3.05) is 6.54 Å². The van der Waals surface area contributed by atoms with Crippen molar-refractivity contribution in [3.05, 3.63) is 34.7 Å². The van der Waals surface area contributed by atoms with Gasteiger partial charge in [0.15, 0.2) is 0 Å². The van der Waals surface area contributed by atoms with Gasteiger partial charge in [0.1, 0.15) is 0 Å². The molecule has 3 rings (SSSR count). The SMILES string of the molecule is CC(=O)N1CCCCC[C@H]1Cc1c(C(=O)NC(C)C)sc2ccccc12. The lowest BCUT2D eigenvalue weighted by molar-refractivity contribution is -0.131. The smallest absolute Gasteiger partial charge is 0.261 e. The predicted molar refractivity (Wildman–Crippen MR) is 108 cm³/mol. The van der Waals surface area contributed by atoms with Crippen LogP contribution in [-0.4, -0.2) is 35.3 Å². The Morgan fingerprint density at radius 3 is 2.73 bits per heavy atom. The summed E-state index contributed by atoms with van der Waals surface area (Å²) in [4.78, 5) is 27.8. The van der Waals surface area contributed by atoms with Gasteiger partial charge in [-0.15, -0.1) is 11.3 Å². The van der Waals surface area contributed by atoms with E-state index in [-0.39, 0.29) is 23.9 Å². The van der Waals surface area contributed by atoms with Gasteiger partial charge in [0.2, 0.25) is 5.91 Å². The third-order valence-corrected chi connectivity index (χ3v) is 6.26. The van der Waals surface area contributed by atoms with Crippen molar-refractivity contribution < 1.29 is 9.59 Å². The third-order valence-electron chi connectivity index (χ3n) is 5.05. The Labute approximate surface area is 159 Å². The molecule has 2 aromatic rings. The van der Waals surface area contributed by atoms with Crippen molar-refractivity contribution in [3.63, 3.8) is 0 Å². The van der Waals surface area contributed by atoms with Crippen LogP contribution in [0.1, 0.15) is 61.7 Å². The van der Waals surface area contributed by atoms with Crippen molar-refractivity contribution in [3.8, 4) is 0 Å². The molecule has 1 aliphatic rings. The average molecular weight is 373 g/mol. The molecule has 0 aliphatic carbocycles. The van der Waals surface area contributed by atoms with Crippen molar-refractivity contribution in [1.29, 1.82) is 0 Å². The van der Waals surface area contributed by atoms with Crippen LogP contribution in [0, 0.1) is 0 Å². The molecule has 140 valence electrons. The molecule has 1 saturated heterocycles. The van der Waals surface area contributed by atoms with Gasteiger partial charge in [-0.25, -0.2) is 0 Å². The molecule has 0 bridgehead atoms. The maximum atomic E-state index is 12.8. The second-order valence-electron chi connectivity index (χ2n) is 7.45. The second-order valence-corrected chi connectivity index (χ2v) is 8.51. The van der Waals surface area contributed by atoms with Gasteiger partial charge in [0.25, 0.3) is 5.91 Å². The fourth-order valence-electron chi connectivity index (χ4n) is 3.85. The molecule has 1 aromatic heterocycles. The van der Waals surface area contributed by atoms with Gasteiger partial charge in [0.05, 0.1) is 4.88 Å². The molecule has 0 radical (unpaired) electrons. The summed E-state index contributed by atoms with van der Waals surface area (Å²) >= 11 is 1.56. The van der Waals surface area contributed by atoms with Gasteiger partial charge in [0, 0.05) is 30.3 Å². The van der Waals surface area contributed by atoms with Crippen LogP contribution in [0.25, 0.3) is 10.1 Å². The van der Waals surface area contributed by atoms with Crippen LogP contribution >= 0.6 is 11.3 Å². The van der Waals surface area contributed by atoms with E-state index in [4.69, 9.17) is 0 Å². The Morgan fingerprint density at radius 2 is 2.00 bits per heavy atom. The number of rotatable bonds is 4. The summed E-state index contributed by atoms with van der Waals surface area (Å²) in [6.45, 7) is 6.45. The highest BCUT2D eigenvalue weighted by molar-refractivity contribution is 7.21. The molecule has 26 heavy (non-hydrogen) atoms. The van der Waals surface area contributed by atoms with Crippen molar-refractivity contribution in [2.24, 2.45) is 0 Å². The van der Waals surface area contributed by atoms with Crippen LogP contribution in [0.4, 0.5) is 0 Å². The predicted octanol–water partition coefficient (Wildman–Crippen LogP) is 4.37. The Hall–Kier alpha value is -1.88. The first-order valence-electron chi connectivity index (χ1n) is 9.56. The summed E-state index contributed by atoms with van der Waals surface area (Å²) in [6, 6.07) is 8.50. The first-order chi connectivity index (χ1) is 12.5. The average Bonchev–Trinajstić information content (AvgIpc) is 2.78. The van der Waals surface area contributed by atoms with Gasteiger partial charge in [-0.3, -0.25) is 9.59 Å². The number of nitrogens with zero attached hydrogens (tertiary/aromatic N) is 1. The molecular weight excluding hydrogens is 344 g/mol. The molecule has 1 atom stereocenters. The molecule has 5 heteroatoms. The zero-order valence-corrected chi connectivity index (χ0v) is 16.7. The molecule has 0 unspecified atom stereocenters. The Kier molecular flexibility index (Phi) is 5.97. The van der Waals surface area contributed by atoms with Crippen LogP contribution in [0.3, 0.4) is 0 Å². The number of amides is 2. The van der Waals surface area contributed by atoms with E-state index in [1.165, 1.54) is 6.42 Å². The van der Waals surface area contributed by atoms with E-state index in [1.807, 2.05) is 30.9 Å². The third kappa shape index (κ3) is 4.09. The molecule has 2 heterocycles. The zero-order chi connectivity index (χ0) is 18.7. The van der Waals surface area contributed by atoms with Crippen LogP contribution < -0.4 is 5.32 Å². The lowest BCUT2D eigenvalue weighted by Gasteiger charge is -2.29. The topological polar surface area (TPSA) is 49.4 Å². The summed E-state index contributed by atoms with van der Waals surface area (Å²) in [5.74, 6) is 0.142. The molecule has 4 nitrogen and oxygen atoms in total. The molecule has 0 saturated carbocycles. The number of carbonyl (C=O) groups is 2. The van der Waals surface area contributed by atoms with E-state index in [1.54, 1.807) is 18.3 Å². The minimum Gasteiger partial charge on any atom is -0.349 e. The number of thiophene rings is 1. The molecule has 1 aliphatic heterocycles. The molecule has 1 aromatic carbocycles. The molecule has 1 fully saturated rings. The van der Waals surface area contributed by atoms with Gasteiger partial charge >= 0.3 is 0 Å². The maximum Gasteiger partial charge on any atom is 0.261 e. The summed E-state index contributed by atoms with van der Waals surface area (Å²) in [7, 11) is 0. The Morgan fingerprint density at radius 1 is 1.23 bits per heavy atom. The monoisotopic (exact) mass is 372 g/mol. The van der Waals surface area contributed by atoms with Crippen molar-refractivity contribution in [2.45, 2.75) is 65.0 Å². The Balaban J connectivity index is 1.99. The van der Waals surface area contributed by atoms with E-state index >= 15 is 0 Å². The van der Waals surface area contributed by atoms with Gasteiger partial charge in [-0.1, -0.05) is 31.0 Å². The second kappa shape index (κ2) is 8.21. The maximum absolute atomic E-state index is 12.8. The number of likely N-dealkylation sites (tertiary alicyclic amines) is 1. The lowest BCUT2D eigenvalue weighted by atomic mass is 9.98. The number of nitrogens with one attached hydrogen (secondary N) is 1. The number of hydrogen-bond donors (Lipinski definition) is 1. The summed E-state index contributed by atoms with van der Waals surface area (Å²) < 4.78 is 1.14. The molecular formula is C21H28N2O2S. The van der Waals surface area contributed by atoms with E-state index in [0.717, 1.165) is 52.8 Å². The van der Waals surface area contributed by atoms with E-state index in [9.17, 15) is 9.59 Å². The quantitative estimate of drug-likeness (QED) is 0.866. The number of carbonyl (C=O) groups excluding carboxylic acids is 2. The van der Waals surface area contributed by atoms with Gasteiger partial charge < -0.3 is 10.2 Å². The first-order valence-corrected chi connectivity index (χ1v) is 10.4. The summed E-state index contributed by atoms with van der Waals surface area (Å²) in [5.41, 5.74) is 1.10.